The van der Waals surface area contributed by atoms with Crippen molar-refractivity contribution < 1.29 is 18.7 Å². The molecule has 4 rings (SSSR count). The summed E-state index contributed by atoms with van der Waals surface area (Å²) in [6.45, 7) is 8.19. The van der Waals surface area contributed by atoms with E-state index in [9.17, 15) is 0 Å². The SMILES string of the molecule is COOSCCCOc1ccc([C@H]2CCC[C@H]3CN(c4ccc(Cl)c(OC)c4)CCN32)c(C)c1C. The van der Waals surface area contributed by atoms with Crippen LogP contribution in [0.5, 0.6) is 11.5 Å². The molecule has 2 saturated heterocycles. The van der Waals surface area contributed by atoms with Crippen molar-refractivity contribution in [3.8, 4) is 11.5 Å². The number of rotatable bonds is 10. The minimum atomic E-state index is 0.464. The summed E-state index contributed by atoms with van der Waals surface area (Å²) in [6, 6.07) is 11.6. The molecule has 0 aliphatic carbocycles. The summed E-state index contributed by atoms with van der Waals surface area (Å²) in [4.78, 5) is 9.82. The van der Waals surface area contributed by atoms with E-state index in [0.717, 1.165) is 43.3 Å². The maximum absolute atomic E-state index is 6.25. The molecule has 8 heteroatoms. The van der Waals surface area contributed by atoms with Crippen LogP contribution in [0.1, 0.15) is 48.4 Å². The van der Waals surface area contributed by atoms with Crippen molar-refractivity contribution in [3.05, 3.63) is 52.0 Å². The zero-order valence-electron chi connectivity index (χ0n) is 21.2. The van der Waals surface area contributed by atoms with Gasteiger partial charge in [-0.15, -0.1) is 0 Å². The van der Waals surface area contributed by atoms with E-state index in [1.165, 1.54) is 60.8 Å². The number of ether oxygens (including phenoxy) is 2. The Labute approximate surface area is 218 Å². The number of hydrogen-bond acceptors (Lipinski definition) is 7. The highest BCUT2D eigenvalue weighted by Crippen LogP contribution is 2.40. The van der Waals surface area contributed by atoms with Crippen molar-refractivity contribution in [1.82, 2.24) is 4.90 Å². The van der Waals surface area contributed by atoms with E-state index < -0.39 is 0 Å². The molecule has 0 saturated carbocycles. The quantitative estimate of drug-likeness (QED) is 0.156. The molecule has 2 aliphatic rings. The van der Waals surface area contributed by atoms with Crippen molar-refractivity contribution in [2.75, 3.05) is 51.1 Å². The van der Waals surface area contributed by atoms with Gasteiger partial charge < -0.3 is 14.4 Å². The second-order valence-corrected chi connectivity index (χ2v) is 10.5. The van der Waals surface area contributed by atoms with Gasteiger partial charge in [-0.1, -0.05) is 17.7 Å². The highest BCUT2D eigenvalue weighted by atomic mass is 35.5. The van der Waals surface area contributed by atoms with E-state index in [-0.39, 0.29) is 0 Å². The van der Waals surface area contributed by atoms with E-state index in [1.807, 2.05) is 6.07 Å². The summed E-state index contributed by atoms with van der Waals surface area (Å²) < 4.78 is 16.4. The number of fused-ring (bicyclic) bond motifs is 1. The van der Waals surface area contributed by atoms with Crippen molar-refractivity contribution in [2.45, 2.75) is 51.6 Å². The predicted octanol–water partition coefficient (Wildman–Crippen LogP) is 6.38. The van der Waals surface area contributed by atoms with E-state index in [1.54, 1.807) is 7.11 Å². The van der Waals surface area contributed by atoms with Gasteiger partial charge in [0.05, 0.1) is 25.8 Å². The lowest BCUT2D eigenvalue weighted by atomic mass is 9.86. The van der Waals surface area contributed by atoms with Crippen LogP contribution in [0.4, 0.5) is 5.69 Å². The third-order valence-electron chi connectivity index (χ3n) is 7.33. The number of piperazine rings is 1. The van der Waals surface area contributed by atoms with Gasteiger partial charge >= 0.3 is 0 Å². The van der Waals surface area contributed by atoms with E-state index >= 15 is 0 Å². The number of piperidine rings is 1. The zero-order chi connectivity index (χ0) is 24.8. The minimum Gasteiger partial charge on any atom is -0.495 e. The Balaban J connectivity index is 1.41. The molecule has 2 atom stereocenters. The lowest BCUT2D eigenvalue weighted by Gasteiger charge is -2.49. The van der Waals surface area contributed by atoms with E-state index in [2.05, 4.69) is 52.8 Å². The van der Waals surface area contributed by atoms with E-state index in [4.69, 9.17) is 25.4 Å². The molecule has 2 aromatic carbocycles. The highest BCUT2D eigenvalue weighted by Gasteiger charge is 2.36. The van der Waals surface area contributed by atoms with Crippen LogP contribution in [0.2, 0.25) is 5.02 Å². The highest BCUT2D eigenvalue weighted by molar-refractivity contribution is 7.94. The van der Waals surface area contributed by atoms with Crippen LogP contribution in [0, 0.1) is 13.8 Å². The van der Waals surface area contributed by atoms with Gasteiger partial charge in [0.2, 0.25) is 0 Å². The van der Waals surface area contributed by atoms with Crippen LogP contribution in [-0.4, -0.2) is 57.2 Å². The summed E-state index contributed by atoms with van der Waals surface area (Å²) in [5.41, 5.74) is 5.24. The molecule has 0 bridgehead atoms. The monoisotopic (exact) mass is 520 g/mol. The van der Waals surface area contributed by atoms with Gasteiger partial charge in [0, 0.05) is 61.3 Å². The zero-order valence-corrected chi connectivity index (χ0v) is 22.8. The van der Waals surface area contributed by atoms with Crippen molar-refractivity contribution in [2.24, 2.45) is 0 Å². The lowest BCUT2D eigenvalue weighted by molar-refractivity contribution is -0.160. The van der Waals surface area contributed by atoms with Gasteiger partial charge in [-0.05, 0) is 74.4 Å². The third-order valence-corrected chi connectivity index (χ3v) is 8.33. The standard InChI is InChI=1S/C27H37ClN2O4S/c1-19-20(2)26(33-15-6-16-35-34-32-4)12-10-23(19)25-8-5-7-22-18-29(13-14-30(22)25)21-9-11-24(28)27(17-21)31-3/h9-12,17,22,25H,5-8,13-16,18H2,1-4H3/t22-,25+/m0/s1. The smallest absolute Gasteiger partial charge is 0.139 e. The second kappa shape index (κ2) is 12.5. The Hall–Kier alpha value is -1.64. The van der Waals surface area contributed by atoms with Crippen molar-refractivity contribution in [1.29, 1.82) is 0 Å². The fourth-order valence-electron chi connectivity index (χ4n) is 5.38. The molecule has 0 amide bonds. The molecule has 0 unspecified atom stereocenters. The number of benzene rings is 2. The molecular weight excluding hydrogens is 484 g/mol. The first kappa shape index (κ1) is 26.4. The average Bonchev–Trinajstić information content (AvgIpc) is 2.88. The largest absolute Gasteiger partial charge is 0.495 e. The topological polar surface area (TPSA) is 43.4 Å². The van der Waals surface area contributed by atoms with Gasteiger partial charge in [-0.25, -0.2) is 4.89 Å². The number of methoxy groups -OCH3 is 1. The van der Waals surface area contributed by atoms with Gasteiger partial charge in [0.1, 0.15) is 11.5 Å². The summed E-state index contributed by atoms with van der Waals surface area (Å²) in [6.07, 6.45) is 4.61. The fraction of sp³-hybridized carbons (Fsp3) is 0.556. The Morgan fingerprint density at radius 3 is 2.69 bits per heavy atom. The maximum Gasteiger partial charge on any atom is 0.139 e. The van der Waals surface area contributed by atoms with Crippen molar-refractivity contribution in [3.63, 3.8) is 0 Å². The van der Waals surface area contributed by atoms with Crippen LogP contribution in [0.25, 0.3) is 0 Å². The molecule has 192 valence electrons. The molecular formula is C27H37ClN2O4S. The van der Waals surface area contributed by atoms with Gasteiger partial charge in [-0.3, -0.25) is 4.90 Å². The van der Waals surface area contributed by atoms with Crippen molar-refractivity contribution >= 4 is 29.3 Å². The fourth-order valence-corrected chi connectivity index (χ4v) is 5.97. The minimum absolute atomic E-state index is 0.464. The van der Waals surface area contributed by atoms with E-state index in [0.29, 0.717) is 23.7 Å². The number of halogens is 1. The van der Waals surface area contributed by atoms with Crippen LogP contribution < -0.4 is 14.4 Å². The molecule has 6 nitrogen and oxygen atoms in total. The molecule has 35 heavy (non-hydrogen) atoms. The number of nitrogens with zero attached hydrogens (tertiary/aromatic N) is 2. The molecule has 0 aromatic heterocycles. The Morgan fingerprint density at radius 2 is 1.89 bits per heavy atom. The second-order valence-electron chi connectivity index (χ2n) is 9.26. The summed E-state index contributed by atoms with van der Waals surface area (Å²) >= 11 is 7.56. The first-order chi connectivity index (χ1) is 17.0. The Morgan fingerprint density at radius 1 is 1.03 bits per heavy atom. The van der Waals surface area contributed by atoms with Crippen LogP contribution in [-0.2, 0) is 9.22 Å². The molecule has 2 aromatic rings. The van der Waals surface area contributed by atoms with Crippen LogP contribution in [0.3, 0.4) is 0 Å². The summed E-state index contributed by atoms with van der Waals surface area (Å²) in [7, 11) is 3.19. The van der Waals surface area contributed by atoms with Crippen LogP contribution in [0.15, 0.2) is 30.3 Å². The summed E-state index contributed by atoms with van der Waals surface area (Å²) in [5.74, 6) is 2.56. The summed E-state index contributed by atoms with van der Waals surface area (Å²) in [5, 5.41) is 0.657. The molecule has 0 spiro atoms. The van der Waals surface area contributed by atoms with Gasteiger partial charge in [0.15, 0.2) is 0 Å². The first-order valence-electron chi connectivity index (χ1n) is 12.4. The molecule has 2 aliphatic heterocycles. The normalized spacial score (nSPS) is 20.5. The Bertz CT molecular complexity index is 992. The third kappa shape index (κ3) is 6.20. The molecule has 0 radical (unpaired) electrons. The molecule has 0 N–H and O–H groups in total. The lowest BCUT2D eigenvalue weighted by Crippen LogP contribution is -2.56. The average molecular weight is 521 g/mol. The number of anilines is 1. The van der Waals surface area contributed by atoms with Gasteiger partial charge in [0.25, 0.3) is 0 Å². The molecule has 2 fully saturated rings. The van der Waals surface area contributed by atoms with Crippen LogP contribution >= 0.6 is 23.6 Å². The number of hydrogen-bond donors (Lipinski definition) is 0. The van der Waals surface area contributed by atoms with Gasteiger partial charge in [-0.2, -0.15) is 4.33 Å². The molecule has 2 heterocycles. The maximum atomic E-state index is 6.25. The first-order valence-corrected chi connectivity index (χ1v) is 13.7. The Kier molecular flexibility index (Phi) is 9.47. The predicted molar refractivity (Wildman–Crippen MR) is 144 cm³/mol.